The second-order valence-corrected chi connectivity index (χ2v) is 7.50. The first-order chi connectivity index (χ1) is 12.6. The highest BCUT2D eigenvalue weighted by Crippen LogP contribution is 2.22. The number of hydrogen-bond acceptors (Lipinski definition) is 4. The molecule has 2 N–H and O–H groups in total. The summed E-state index contributed by atoms with van der Waals surface area (Å²) < 4.78 is 39.8. The molecule has 27 heavy (non-hydrogen) atoms. The molecule has 0 bridgehead atoms. The summed E-state index contributed by atoms with van der Waals surface area (Å²) in [5.74, 6) is 0.328. The SMILES string of the molecule is Cc1cccn2c(C(C)(C)NC(=O)[C@@H]3CN(CC(F)(F)F)CCN3)ncc12. The van der Waals surface area contributed by atoms with Gasteiger partial charge in [0.25, 0.3) is 0 Å². The smallest absolute Gasteiger partial charge is 0.343 e. The number of imidazole rings is 1. The van der Waals surface area contributed by atoms with Crippen LogP contribution in [0.25, 0.3) is 5.52 Å². The van der Waals surface area contributed by atoms with Gasteiger partial charge in [0.15, 0.2) is 0 Å². The molecule has 0 aliphatic carbocycles. The van der Waals surface area contributed by atoms with Crippen molar-refractivity contribution in [1.82, 2.24) is 24.9 Å². The molecule has 9 heteroatoms. The first-order valence-corrected chi connectivity index (χ1v) is 8.84. The Morgan fingerprint density at radius 1 is 1.41 bits per heavy atom. The van der Waals surface area contributed by atoms with Gasteiger partial charge in [-0.3, -0.25) is 9.69 Å². The van der Waals surface area contributed by atoms with Gasteiger partial charge < -0.3 is 15.0 Å². The van der Waals surface area contributed by atoms with Crippen LogP contribution in [-0.2, 0) is 10.3 Å². The number of rotatable bonds is 4. The number of fused-ring (bicyclic) bond motifs is 1. The van der Waals surface area contributed by atoms with E-state index in [1.54, 1.807) is 6.20 Å². The van der Waals surface area contributed by atoms with Crippen molar-refractivity contribution in [3.05, 3.63) is 35.9 Å². The first kappa shape index (κ1) is 19.6. The number of amides is 1. The molecule has 1 fully saturated rings. The zero-order chi connectivity index (χ0) is 19.8. The standard InChI is InChI=1S/C18H24F3N5O/c1-12-5-4-7-26-14(12)9-23-16(26)17(2,3)24-15(27)13-10-25(8-6-22-13)11-18(19,20)21/h4-5,7,9,13,22H,6,8,10-11H2,1-3H3,(H,24,27)/t13-/m0/s1. The van der Waals surface area contributed by atoms with E-state index in [2.05, 4.69) is 15.6 Å². The summed E-state index contributed by atoms with van der Waals surface area (Å²) in [6.07, 6.45) is -0.644. The lowest BCUT2D eigenvalue weighted by Crippen LogP contribution is -2.60. The molecular formula is C18H24F3N5O. The summed E-state index contributed by atoms with van der Waals surface area (Å²) in [5, 5.41) is 5.93. The van der Waals surface area contributed by atoms with Gasteiger partial charge in [0.2, 0.25) is 5.91 Å². The van der Waals surface area contributed by atoms with E-state index in [4.69, 9.17) is 0 Å². The van der Waals surface area contributed by atoms with Gasteiger partial charge in [-0.05, 0) is 32.4 Å². The fourth-order valence-electron chi connectivity index (χ4n) is 3.46. The molecule has 2 aromatic rings. The Labute approximate surface area is 155 Å². The fraction of sp³-hybridized carbons (Fsp3) is 0.556. The summed E-state index contributed by atoms with van der Waals surface area (Å²) >= 11 is 0. The van der Waals surface area contributed by atoms with Crippen LogP contribution in [0.3, 0.4) is 0 Å². The zero-order valence-electron chi connectivity index (χ0n) is 15.6. The fourth-order valence-corrected chi connectivity index (χ4v) is 3.46. The van der Waals surface area contributed by atoms with Crippen molar-refractivity contribution in [1.29, 1.82) is 0 Å². The minimum absolute atomic E-state index is 0.0167. The van der Waals surface area contributed by atoms with E-state index in [1.165, 1.54) is 4.90 Å². The summed E-state index contributed by atoms with van der Waals surface area (Å²) in [7, 11) is 0. The molecule has 1 atom stereocenters. The number of nitrogens with one attached hydrogen (secondary N) is 2. The molecule has 2 aromatic heterocycles. The number of aryl methyl sites for hydroxylation is 1. The number of piperazine rings is 1. The van der Waals surface area contributed by atoms with E-state index in [-0.39, 0.29) is 19.0 Å². The van der Waals surface area contributed by atoms with Crippen LogP contribution < -0.4 is 10.6 Å². The molecule has 1 aliphatic rings. The highest BCUT2D eigenvalue weighted by atomic mass is 19.4. The molecule has 1 saturated heterocycles. The normalized spacial score (nSPS) is 19.4. The van der Waals surface area contributed by atoms with Crippen LogP contribution in [0.2, 0.25) is 0 Å². The van der Waals surface area contributed by atoms with Crippen LogP contribution in [0, 0.1) is 6.92 Å². The van der Waals surface area contributed by atoms with Crippen LogP contribution in [0.1, 0.15) is 25.2 Å². The van der Waals surface area contributed by atoms with Gasteiger partial charge in [0, 0.05) is 25.8 Å². The first-order valence-electron chi connectivity index (χ1n) is 8.84. The molecule has 0 radical (unpaired) electrons. The summed E-state index contributed by atoms with van der Waals surface area (Å²) in [6.45, 7) is 5.25. The van der Waals surface area contributed by atoms with Crippen molar-refractivity contribution in [3.8, 4) is 0 Å². The molecule has 3 rings (SSSR count). The lowest BCUT2D eigenvalue weighted by atomic mass is 10.0. The molecule has 148 valence electrons. The topological polar surface area (TPSA) is 61.7 Å². The van der Waals surface area contributed by atoms with E-state index in [0.717, 1.165) is 11.1 Å². The van der Waals surface area contributed by atoms with Crippen LogP contribution >= 0.6 is 0 Å². The summed E-state index contributed by atoms with van der Waals surface area (Å²) in [4.78, 5) is 18.4. The predicted molar refractivity (Wildman–Crippen MR) is 95.4 cm³/mol. The van der Waals surface area contributed by atoms with E-state index < -0.39 is 24.3 Å². The molecule has 6 nitrogen and oxygen atoms in total. The highest BCUT2D eigenvalue weighted by Gasteiger charge is 2.36. The minimum atomic E-state index is -4.27. The number of aromatic nitrogens is 2. The molecular weight excluding hydrogens is 359 g/mol. The maximum absolute atomic E-state index is 12.7. The van der Waals surface area contributed by atoms with Crippen molar-refractivity contribution in [2.24, 2.45) is 0 Å². The molecule has 0 unspecified atom stereocenters. The molecule has 0 aromatic carbocycles. The Balaban J connectivity index is 1.73. The quantitative estimate of drug-likeness (QED) is 0.846. The molecule has 1 amide bonds. The van der Waals surface area contributed by atoms with Crippen molar-refractivity contribution in [3.63, 3.8) is 0 Å². The maximum Gasteiger partial charge on any atom is 0.401 e. The van der Waals surface area contributed by atoms with Gasteiger partial charge in [-0.2, -0.15) is 13.2 Å². The van der Waals surface area contributed by atoms with Gasteiger partial charge >= 0.3 is 6.18 Å². The van der Waals surface area contributed by atoms with Gasteiger partial charge in [0.1, 0.15) is 5.82 Å². The lowest BCUT2D eigenvalue weighted by molar-refractivity contribution is -0.150. The Morgan fingerprint density at radius 3 is 2.85 bits per heavy atom. The average Bonchev–Trinajstić information content (AvgIpc) is 2.99. The van der Waals surface area contributed by atoms with Crippen LogP contribution in [-0.4, -0.2) is 58.6 Å². The molecule has 1 aliphatic heterocycles. The third-order valence-electron chi connectivity index (χ3n) is 4.76. The van der Waals surface area contributed by atoms with Gasteiger partial charge in [0.05, 0.1) is 29.8 Å². The van der Waals surface area contributed by atoms with Gasteiger partial charge in [-0.25, -0.2) is 4.98 Å². The van der Waals surface area contributed by atoms with E-state index in [9.17, 15) is 18.0 Å². The van der Waals surface area contributed by atoms with E-state index in [1.807, 2.05) is 43.5 Å². The third kappa shape index (κ3) is 4.41. The van der Waals surface area contributed by atoms with Crippen LogP contribution in [0.4, 0.5) is 13.2 Å². The zero-order valence-corrected chi connectivity index (χ0v) is 15.6. The van der Waals surface area contributed by atoms with E-state index >= 15 is 0 Å². The van der Waals surface area contributed by atoms with Gasteiger partial charge in [-0.15, -0.1) is 0 Å². The Hall–Kier alpha value is -2.13. The van der Waals surface area contributed by atoms with Crippen LogP contribution in [0.15, 0.2) is 24.5 Å². The number of nitrogens with zero attached hydrogens (tertiary/aromatic N) is 3. The monoisotopic (exact) mass is 383 g/mol. The average molecular weight is 383 g/mol. The van der Waals surface area contributed by atoms with Crippen molar-refractivity contribution < 1.29 is 18.0 Å². The number of alkyl halides is 3. The number of pyridine rings is 1. The van der Waals surface area contributed by atoms with Crippen molar-refractivity contribution in [2.75, 3.05) is 26.2 Å². The third-order valence-corrected chi connectivity index (χ3v) is 4.76. The Kier molecular flexibility index (Phi) is 5.18. The number of carbonyl (C=O) groups is 1. The summed E-state index contributed by atoms with van der Waals surface area (Å²) in [5.41, 5.74) is 1.22. The van der Waals surface area contributed by atoms with Gasteiger partial charge in [-0.1, -0.05) is 6.07 Å². The lowest BCUT2D eigenvalue weighted by Gasteiger charge is -2.35. The summed E-state index contributed by atoms with van der Waals surface area (Å²) in [6, 6.07) is 3.18. The van der Waals surface area contributed by atoms with Crippen molar-refractivity contribution in [2.45, 2.75) is 38.5 Å². The second kappa shape index (κ2) is 7.12. The van der Waals surface area contributed by atoms with E-state index in [0.29, 0.717) is 12.4 Å². The molecule has 3 heterocycles. The second-order valence-electron chi connectivity index (χ2n) is 7.50. The molecule has 0 spiro atoms. The Morgan fingerprint density at radius 2 is 2.15 bits per heavy atom. The van der Waals surface area contributed by atoms with Crippen molar-refractivity contribution >= 4 is 11.4 Å². The number of carbonyl (C=O) groups excluding carboxylic acids is 1. The largest absolute Gasteiger partial charge is 0.401 e. The number of hydrogen-bond donors (Lipinski definition) is 2. The highest BCUT2D eigenvalue weighted by molar-refractivity contribution is 5.83. The Bertz CT molecular complexity index is 830. The minimum Gasteiger partial charge on any atom is -0.343 e. The maximum atomic E-state index is 12.7. The predicted octanol–water partition coefficient (Wildman–Crippen LogP) is 1.83. The van der Waals surface area contributed by atoms with Crippen LogP contribution in [0.5, 0.6) is 0 Å². The number of halogens is 3. The molecule has 0 saturated carbocycles.